The first kappa shape index (κ1) is 14.6. The normalized spacial score (nSPS) is 10.0. The maximum absolute atomic E-state index is 8.97. The van der Waals surface area contributed by atoms with Crippen LogP contribution in [0.5, 0.6) is 0 Å². The van der Waals surface area contributed by atoms with Crippen molar-refractivity contribution in [3.8, 4) is 6.07 Å². The molecule has 0 aliphatic heterocycles. The largest absolute Gasteiger partial charge is 0.369 e. The molecule has 0 aliphatic rings. The average molecular weight is 306 g/mol. The molecular weight excluding hydrogens is 292 g/mol. The van der Waals surface area contributed by atoms with Crippen molar-refractivity contribution >= 4 is 35.1 Å². The van der Waals surface area contributed by atoms with E-state index in [1.807, 2.05) is 7.05 Å². The first-order valence-corrected chi connectivity index (χ1v) is 7.89. The number of hydrogen-bond donors (Lipinski definition) is 2. The molecule has 0 amide bonds. The van der Waals surface area contributed by atoms with E-state index in [0.717, 1.165) is 35.4 Å². The van der Waals surface area contributed by atoms with E-state index in [2.05, 4.69) is 30.4 Å². The molecule has 2 heterocycles. The van der Waals surface area contributed by atoms with E-state index in [0.29, 0.717) is 5.56 Å². The minimum absolute atomic E-state index is 0.647. The second kappa shape index (κ2) is 7.67. The zero-order valence-corrected chi connectivity index (χ0v) is 12.6. The second-order valence-corrected chi connectivity index (χ2v) is 5.43. The second-order valence-electron chi connectivity index (χ2n) is 3.80. The first-order valence-electron chi connectivity index (χ1n) is 6.01. The molecule has 0 saturated carbocycles. The van der Waals surface area contributed by atoms with E-state index < -0.39 is 0 Å². The van der Waals surface area contributed by atoms with Crippen LogP contribution < -0.4 is 10.6 Å². The lowest BCUT2D eigenvalue weighted by atomic mass is 10.2. The van der Waals surface area contributed by atoms with Crippen molar-refractivity contribution in [1.82, 2.24) is 13.7 Å². The standard InChI is InChI=1S/C12H14N6S2/c1-14-11-12(18-20-17-11)16-5-6-19-8-10-9(7-13)3-2-4-15-10/h2-4H,5-6,8H2,1H3,(H,14,17)(H,16,18). The molecule has 2 rings (SSSR count). The fourth-order valence-corrected chi connectivity index (χ4v) is 2.88. The smallest absolute Gasteiger partial charge is 0.184 e. The highest BCUT2D eigenvalue weighted by molar-refractivity contribution is 7.98. The lowest BCUT2D eigenvalue weighted by molar-refractivity contribution is 1.14. The highest BCUT2D eigenvalue weighted by Crippen LogP contribution is 2.18. The Labute approximate surface area is 126 Å². The Hall–Kier alpha value is -1.85. The van der Waals surface area contributed by atoms with Crippen LogP contribution in [0.3, 0.4) is 0 Å². The summed E-state index contributed by atoms with van der Waals surface area (Å²) in [5.74, 6) is 3.20. The Kier molecular flexibility index (Phi) is 5.58. The van der Waals surface area contributed by atoms with Gasteiger partial charge in [0, 0.05) is 31.3 Å². The average Bonchev–Trinajstić information content (AvgIpc) is 2.95. The fraction of sp³-hybridized carbons (Fsp3) is 0.333. The summed E-state index contributed by atoms with van der Waals surface area (Å²) in [5, 5.41) is 15.2. The zero-order chi connectivity index (χ0) is 14.2. The number of thioether (sulfide) groups is 1. The number of anilines is 2. The predicted molar refractivity (Wildman–Crippen MR) is 83.1 cm³/mol. The molecule has 0 aliphatic carbocycles. The Morgan fingerprint density at radius 1 is 1.40 bits per heavy atom. The van der Waals surface area contributed by atoms with Crippen LogP contribution >= 0.6 is 23.5 Å². The van der Waals surface area contributed by atoms with Gasteiger partial charge < -0.3 is 10.6 Å². The van der Waals surface area contributed by atoms with Crippen LogP contribution in [-0.2, 0) is 5.75 Å². The minimum Gasteiger partial charge on any atom is -0.369 e. The molecular formula is C12H14N6S2. The molecule has 0 atom stereocenters. The van der Waals surface area contributed by atoms with E-state index in [4.69, 9.17) is 5.26 Å². The number of hydrogen-bond acceptors (Lipinski definition) is 8. The van der Waals surface area contributed by atoms with Gasteiger partial charge in [0.2, 0.25) is 0 Å². The number of nitrogens with zero attached hydrogens (tertiary/aromatic N) is 4. The van der Waals surface area contributed by atoms with Crippen molar-refractivity contribution in [3.63, 3.8) is 0 Å². The first-order chi connectivity index (χ1) is 9.85. The van der Waals surface area contributed by atoms with Gasteiger partial charge in [0.05, 0.1) is 23.0 Å². The van der Waals surface area contributed by atoms with Crippen molar-refractivity contribution in [2.45, 2.75) is 5.75 Å². The third-order valence-corrected chi connectivity index (χ3v) is 4.01. The van der Waals surface area contributed by atoms with Gasteiger partial charge in [-0.15, -0.1) is 0 Å². The number of nitrogens with one attached hydrogen (secondary N) is 2. The van der Waals surface area contributed by atoms with Crippen LogP contribution in [-0.4, -0.2) is 33.1 Å². The van der Waals surface area contributed by atoms with Gasteiger partial charge in [-0.2, -0.15) is 25.8 Å². The number of nitriles is 1. The third kappa shape index (κ3) is 3.82. The summed E-state index contributed by atoms with van der Waals surface area (Å²) in [6, 6.07) is 5.73. The topological polar surface area (TPSA) is 86.5 Å². The van der Waals surface area contributed by atoms with E-state index in [9.17, 15) is 0 Å². The Balaban J connectivity index is 1.73. The van der Waals surface area contributed by atoms with Gasteiger partial charge in [0.15, 0.2) is 11.6 Å². The molecule has 0 spiro atoms. The predicted octanol–water partition coefficient (Wildman–Crippen LogP) is 2.19. The summed E-state index contributed by atoms with van der Waals surface area (Å²) in [5.41, 5.74) is 1.49. The van der Waals surface area contributed by atoms with Crippen LogP contribution in [0.2, 0.25) is 0 Å². The minimum atomic E-state index is 0.647. The SMILES string of the molecule is CNc1nsnc1NCCSCc1ncccc1C#N. The molecule has 2 aromatic heterocycles. The van der Waals surface area contributed by atoms with Gasteiger partial charge >= 0.3 is 0 Å². The molecule has 6 nitrogen and oxygen atoms in total. The maximum atomic E-state index is 8.97. The molecule has 0 fully saturated rings. The van der Waals surface area contributed by atoms with Gasteiger partial charge in [-0.25, -0.2) is 0 Å². The maximum Gasteiger partial charge on any atom is 0.184 e. The van der Waals surface area contributed by atoms with E-state index in [1.165, 1.54) is 11.7 Å². The summed E-state index contributed by atoms with van der Waals surface area (Å²) < 4.78 is 8.27. The Morgan fingerprint density at radius 3 is 3.05 bits per heavy atom. The van der Waals surface area contributed by atoms with Crippen LogP contribution in [0.15, 0.2) is 18.3 Å². The summed E-state index contributed by atoms with van der Waals surface area (Å²) >= 11 is 2.91. The Morgan fingerprint density at radius 2 is 2.25 bits per heavy atom. The Bertz CT molecular complexity index is 592. The van der Waals surface area contributed by atoms with E-state index in [-0.39, 0.29) is 0 Å². The van der Waals surface area contributed by atoms with Crippen molar-refractivity contribution in [2.75, 3.05) is 30.0 Å². The van der Waals surface area contributed by atoms with Crippen LogP contribution in [0, 0.1) is 11.3 Å². The van der Waals surface area contributed by atoms with Gasteiger partial charge in [0.25, 0.3) is 0 Å². The fourth-order valence-electron chi connectivity index (χ4n) is 1.53. The molecule has 104 valence electrons. The summed E-state index contributed by atoms with van der Waals surface area (Å²) in [6.07, 6.45) is 1.72. The molecule has 0 bridgehead atoms. The summed E-state index contributed by atoms with van der Waals surface area (Å²) in [4.78, 5) is 4.23. The molecule has 0 radical (unpaired) electrons. The monoisotopic (exact) mass is 306 g/mol. The molecule has 8 heteroatoms. The molecule has 20 heavy (non-hydrogen) atoms. The number of aromatic nitrogens is 3. The van der Waals surface area contributed by atoms with Crippen LogP contribution in [0.25, 0.3) is 0 Å². The highest BCUT2D eigenvalue weighted by Gasteiger charge is 2.05. The lowest BCUT2D eigenvalue weighted by Gasteiger charge is -2.05. The molecule has 0 aromatic carbocycles. The summed E-state index contributed by atoms with van der Waals surface area (Å²) in [6.45, 7) is 0.791. The number of pyridine rings is 1. The van der Waals surface area contributed by atoms with Crippen molar-refractivity contribution in [2.24, 2.45) is 0 Å². The summed E-state index contributed by atoms with van der Waals surface area (Å²) in [7, 11) is 1.82. The molecule has 0 unspecified atom stereocenters. The molecule has 2 aromatic rings. The zero-order valence-electron chi connectivity index (χ0n) is 11.0. The van der Waals surface area contributed by atoms with Gasteiger partial charge in [-0.3, -0.25) is 4.98 Å². The number of rotatable bonds is 7. The van der Waals surface area contributed by atoms with E-state index >= 15 is 0 Å². The van der Waals surface area contributed by atoms with Crippen molar-refractivity contribution in [1.29, 1.82) is 5.26 Å². The highest BCUT2D eigenvalue weighted by atomic mass is 32.2. The van der Waals surface area contributed by atoms with Crippen molar-refractivity contribution in [3.05, 3.63) is 29.6 Å². The van der Waals surface area contributed by atoms with Gasteiger partial charge in [0.1, 0.15) is 6.07 Å². The lowest BCUT2D eigenvalue weighted by Crippen LogP contribution is -2.06. The third-order valence-electron chi connectivity index (χ3n) is 2.51. The quantitative estimate of drug-likeness (QED) is 0.758. The van der Waals surface area contributed by atoms with Crippen LogP contribution in [0.4, 0.5) is 11.6 Å². The van der Waals surface area contributed by atoms with Crippen molar-refractivity contribution < 1.29 is 0 Å². The molecule has 2 N–H and O–H groups in total. The van der Waals surface area contributed by atoms with E-state index in [1.54, 1.807) is 30.1 Å². The van der Waals surface area contributed by atoms with Gasteiger partial charge in [-0.1, -0.05) is 0 Å². The van der Waals surface area contributed by atoms with Crippen LogP contribution in [0.1, 0.15) is 11.3 Å². The molecule has 0 saturated heterocycles. The van der Waals surface area contributed by atoms with Gasteiger partial charge in [-0.05, 0) is 12.1 Å².